The maximum Gasteiger partial charge on any atom is 0.264 e. The Hall–Kier alpha value is -3.32. The van der Waals surface area contributed by atoms with E-state index < -0.39 is 10.0 Å². The average molecular weight is 507 g/mol. The van der Waals surface area contributed by atoms with Crippen molar-refractivity contribution in [3.63, 3.8) is 0 Å². The van der Waals surface area contributed by atoms with E-state index in [1.165, 1.54) is 36.1 Å². The smallest absolute Gasteiger partial charge is 0.264 e. The molecular formula is C29H34N2O4S. The zero-order valence-electron chi connectivity index (χ0n) is 20.9. The number of amides is 1. The fraction of sp³-hybridized carbons (Fsp3) is 0.345. The molecule has 0 spiro atoms. The Bertz CT molecular complexity index is 1290. The fourth-order valence-corrected chi connectivity index (χ4v) is 6.17. The minimum absolute atomic E-state index is 0.117. The number of sulfonamides is 1. The predicted octanol–water partition coefficient (Wildman–Crippen LogP) is 5.43. The van der Waals surface area contributed by atoms with Crippen molar-refractivity contribution >= 4 is 21.6 Å². The summed E-state index contributed by atoms with van der Waals surface area (Å²) in [6, 6.07) is 21.3. The summed E-state index contributed by atoms with van der Waals surface area (Å²) in [5, 5.41) is 3.08. The standard InChI is InChI=1S/C29H34N2O4S/c1-3-26(24-19-18-22-12-8-9-13-23(22)20-24)30-29(32)21-31(27-16-10-11-17-28(27)35-4-2)36(33,34)25-14-6-5-7-15-25/h5-7,10-11,14-20,26H,3-4,8-9,12-13,21H2,1-2H3,(H,30,32)/t26-/m0/s1. The predicted molar refractivity (Wildman–Crippen MR) is 143 cm³/mol. The first kappa shape index (κ1) is 25.8. The molecule has 0 fully saturated rings. The van der Waals surface area contributed by atoms with Crippen molar-refractivity contribution in [2.24, 2.45) is 0 Å². The van der Waals surface area contributed by atoms with Gasteiger partial charge in [0.1, 0.15) is 12.3 Å². The second kappa shape index (κ2) is 11.6. The van der Waals surface area contributed by atoms with E-state index in [0.29, 0.717) is 24.5 Å². The Morgan fingerprint density at radius 2 is 1.64 bits per heavy atom. The Kier molecular flexibility index (Phi) is 8.31. The van der Waals surface area contributed by atoms with Gasteiger partial charge in [-0.05, 0) is 80.0 Å². The van der Waals surface area contributed by atoms with Gasteiger partial charge >= 0.3 is 0 Å². The van der Waals surface area contributed by atoms with Gasteiger partial charge in [0, 0.05) is 0 Å². The average Bonchev–Trinajstić information content (AvgIpc) is 2.91. The van der Waals surface area contributed by atoms with Crippen LogP contribution in [0.1, 0.15) is 55.8 Å². The van der Waals surface area contributed by atoms with Crippen LogP contribution in [0, 0.1) is 0 Å². The molecule has 36 heavy (non-hydrogen) atoms. The number of carbonyl (C=O) groups excluding carboxylic acids is 1. The largest absolute Gasteiger partial charge is 0.492 e. The maximum absolute atomic E-state index is 13.7. The number of nitrogens with one attached hydrogen (secondary N) is 1. The molecular weight excluding hydrogens is 472 g/mol. The van der Waals surface area contributed by atoms with E-state index in [9.17, 15) is 13.2 Å². The van der Waals surface area contributed by atoms with Crippen LogP contribution in [0.5, 0.6) is 5.75 Å². The number of carbonyl (C=O) groups is 1. The molecule has 0 aliphatic heterocycles. The van der Waals surface area contributed by atoms with Gasteiger partial charge < -0.3 is 10.1 Å². The number of nitrogens with zero attached hydrogens (tertiary/aromatic N) is 1. The number of aryl methyl sites for hydroxylation is 2. The van der Waals surface area contributed by atoms with Crippen LogP contribution in [-0.2, 0) is 27.7 Å². The molecule has 0 aromatic heterocycles. The molecule has 3 aromatic rings. The van der Waals surface area contributed by atoms with Gasteiger partial charge in [0.25, 0.3) is 10.0 Å². The third kappa shape index (κ3) is 5.73. The van der Waals surface area contributed by atoms with Gasteiger partial charge in [0.2, 0.25) is 5.91 Å². The van der Waals surface area contributed by atoms with Crippen molar-refractivity contribution in [1.82, 2.24) is 5.32 Å². The zero-order chi connectivity index (χ0) is 25.5. The van der Waals surface area contributed by atoms with Gasteiger partial charge in [-0.3, -0.25) is 9.10 Å². The summed E-state index contributed by atoms with van der Waals surface area (Å²) in [5.41, 5.74) is 4.13. The lowest BCUT2D eigenvalue weighted by Gasteiger charge is -2.27. The molecule has 0 radical (unpaired) electrons. The molecule has 1 atom stereocenters. The minimum Gasteiger partial charge on any atom is -0.492 e. The summed E-state index contributed by atoms with van der Waals surface area (Å²) >= 11 is 0. The molecule has 1 amide bonds. The molecule has 0 bridgehead atoms. The number of fused-ring (bicyclic) bond motifs is 1. The summed E-state index contributed by atoms with van der Waals surface area (Å²) in [4.78, 5) is 13.5. The van der Waals surface area contributed by atoms with E-state index in [1.807, 2.05) is 13.8 Å². The number of para-hydroxylation sites is 2. The number of hydrogen-bond acceptors (Lipinski definition) is 4. The highest BCUT2D eigenvalue weighted by atomic mass is 32.2. The van der Waals surface area contributed by atoms with E-state index in [0.717, 1.165) is 22.7 Å². The number of ether oxygens (including phenoxy) is 1. The minimum atomic E-state index is -4.02. The summed E-state index contributed by atoms with van der Waals surface area (Å²) in [5.74, 6) is 0.0411. The van der Waals surface area contributed by atoms with Crippen LogP contribution in [0.2, 0.25) is 0 Å². The number of hydrogen-bond donors (Lipinski definition) is 1. The molecule has 0 saturated carbocycles. The topological polar surface area (TPSA) is 75.7 Å². The lowest BCUT2D eigenvalue weighted by Crippen LogP contribution is -2.42. The van der Waals surface area contributed by atoms with Gasteiger partial charge in [0.05, 0.1) is 23.2 Å². The lowest BCUT2D eigenvalue weighted by atomic mass is 9.89. The number of benzene rings is 3. The summed E-state index contributed by atoms with van der Waals surface area (Å²) in [7, 11) is -4.02. The van der Waals surface area contributed by atoms with Gasteiger partial charge in [0.15, 0.2) is 0 Å². The monoisotopic (exact) mass is 506 g/mol. The summed E-state index contributed by atoms with van der Waals surface area (Å²) < 4.78 is 34.3. The Morgan fingerprint density at radius 1 is 0.944 bits per heavy atom. The molecule has 1 N–H and O–H groups in total. The van der Waals surface area contributed by atoms with E-state index in [1.54, 1.807) is 42.5 Å². The van der Waals surface area contributed by atoms with Crippen LogP contribution in [0.3, 0.4) is 0 Å². The highest BCUT2D eigenvalue weighted by molar-refractivity contribution is 7.92. The second-order valence-electron chi connectivity index (χ2n) is 8.99. The summed E-state index contributed by atoms with van der Waals surface area (Å²) in [6.45, 7) is 3.87. The Morgan fingerprint density at radius 3 is 2.36 bits per heavy atom. The quantitative estimate of drug-likeness (QED) is 0.398. The van der Waals surface area contributed by atoms with Gasteiger partial charge in [-0.1, -0.05) is 55.5 Å². The van der Waals surface area contributed by atoms with Crippen molar-refractivity contribution in [2.45, 2.75) is 56.9 Å². The molecule has 3 aromatic carbocycles. The first-order chi connectivity index (χ1) is 17.4. The van der Waals surface area contributed by atoms with Crippen molar-refractivity contribution in [2.75, 3.05) is 17.5 Å². The van der Waals surface area contributed by atoms with Gasteiger partial charge in [-0.2, -0.15) is 0 Å². The lowest BCUT2D eigenvalue weighted by molar-refractivity contribution is -0.120. The molecule has 0 saturated heterocycles. The normalized spacial score (nSPS) is 13.9. The third-order valence-corrected chi connectivity index (χ3v) is 8.34. The van der Waals surface area contributed by atoms with Crippen molar-refractivity contribution < 1.29 is 17.9 Å². The maximum atomic E-state index is 13.7. The SMILES string of the molecule is CCOc1ccccc1N(CC(=O)N[C@@H](CC)c1ccc2c(c1)CCCC2)S(=O)(=O)c1ccccc1. The van der Waals surface area contributed by atoms with Crippen molar-refractivity contribution in [3.8, 4) is 5.75 Å². The summed E-state index contributed by atoms with van der Waals surface area (Å²) in [6.07, 6.45) is 5.26. The van der Waals surface area contributed by atoms with E-state index in [4.69, 9.17) is 4.74 Å². The van der Waals surface area contributed by atoms with E-state index in [2.05, 4.69) is 23.5 Å². The van der Waals surface area contributed by atoms with Gasteiger partial charge in [-0.25, -0.2) is 8.42 Å². The Balaban J connectivity index is 1.63. The van der Waals surface area contributed by atoms with Crippen LogP contribution in [0.4, 0.5) is 5.69 Å². The highest BCUT2D eigenvalue weighted by Gasteiger charge is 2.30. The van der Waals surface area contributed by atoms with Crippen LogP contribution in [-0.4, -0.2) is 27.5 Å². The van der Waals surface area contributed by atoms with Crippen molar-refractivity contribution in [1.29, 1.82) is 0 Å². The second-order valence-corrected chi connectivity index (χ2v) is 10.9. The first-order valence-electron chi connectivity index (χ1n) is 12.6. The van der Waals surface area contributed by atoms with Crippen LogP contribution >= 0.6 is 0 Å². The molecule has 190 valence electrons. The molecule has 6 nitrogen and oxygen atoms in total. The van der Waals surface area contributed by atoms with E-state index in [-0.39, 0.29) is 23.4 Å². The number of anilines is 1. The molecule has 0 unspecified atom stereocenters. The third-order valence-electron chi connectivity index (χ3n) is 6.57. The number of rotatable bonds is 10. The van der Waals surface area contributed by atoms with Gasteiger partial charge in [-0.15, -0.1) is 0 Å². The highest BCUT2D eigenvalue weighted by Crippen LogP contribution is 2.33. The van der Waals surface area contributed by atoms with Crippen LogP contribution < -0.4 is 14.4 Å². The van der Waals surface area contributed by atoms with Crippen LogP contribution in [0.15, 0.2) is 77.7 Å². The van der Waals surface area contributed by atoms with Crippen LogP contribution in [0.25, 0.3) is 0 Å². The first-order valence-corrected chi connectivity index (χ1v) is 14.1. The molecule has 0 heterocycles. The fourth-order valence-electron chi connectivity index (χ4n) is 4.72. The molecule has 7 heteroatoms. The zero-order valence-corrected chi connectivity index (χ0v) is 21.8. The van der Waals surface area contributed by atoms with E-state index >= 15 is 0 Å². The molecule has 4 rings (SSSR count). The Labute approximate surface area is 214 Å². The molecule has 1 aliphatic rings. The molecule has 1 aliphatic carbocycles. The van der Waals surface area contributed by atoms with Crippen molar-refractivity contribution in [3.05, 3.63) is 89.5 Å².